The van der Waals surface area contributed by atoms with Crippen molar-refractivity contribution in [2.24, 2.45) is 0 Å². The lowest BCUT2D eigenvalue weighted by molar-refractivity contribution is -0.123. The average molecular weight is 337 g/mol. The van der Waals surface area contributed by atoms with Crippen LogP contribution in [-0.2, 0) is 14.8 Å². The highest BCUT2D eigenvalue weighted by atomic mass is 35.5. The summed E-state index contributed by atoms with van der Waals surface area (Å²) < 4.78 is 26.4. The standard InChI is InChI=1S/C12H14Cl2N2O3S/c1-15-12(17)10-3-2-6-16(10)20(18,19)11-5-4-8(13)7-9(11)14/h4-5,7,10H,2-3,6H2,1H3,(H,15,17). The summed E-state index contributed by atoms with van der Waals surface area (Å²) in [4.78, 5) is 11.7. The predicted molar refractivity (Wildman–Crippen MR) is 77.4 cm³/mol. The molecule has 8 heteroatoms. The largest absolute Gasteiger partial charge is 0.358 e. The maximum atomic E-state index is 12.6. The normalized spacial score (nSPS) is 20.1. The highest BCUT2D eigenvalue weighted by molar-refractivity contribution is 7.89. The van der Waals surface area contributed by atoms with E-state index in [0.717, 1.165) is 0 Å². The van der Waals surface area contributed by atoms with Gasteiger partial charge >= 0.3 is 0 Å². The molecule has 1 aromatic carbocycles. The molecule has 0 aromatic heterocycles. The summed E-state index contributed by atoms with van der Waals surface area (Å²) in [6, 6.07) is 3.52. The lowest BCUT2D eigenvalue weighted by atomic mass is 10.2. The number of likely N-dealkylation sites (N-methyl/N-ethyl adjacent to an activating group) is 1. The van der Waals surface area contributed by atoms with Gasteiger partial charge in [-0.05, 0) is 31.0 Å². The molecule has 0 saturated carbocycles. The number of rotatable bonds is 3. The minimum absolute atomic E-state index is 0.0284. The van der Waals surface area contributed by atoms with Gasteiger partial charge in [0.05, 0.1) is 5.02 Å². The topological polar surface area (TPSA) is 66.5 Å². The van der Waals surface area contributed by atoms with Crippen molar-refractivity contribution >= 4 is 39.1 Å². The summed E-state index contributed by atoms with van der Waals surface area (Å²) in [5.41, 5.74) is 0. The molecule has 1 aliphatic rings. The van der Waals surface area contributed by atoms with Gasteiger partial charge in [-0.1, -0.05) is 23.2 Å². The summed E-state index contributed by atoms with van der Waals surface area (Å²) in [6.07, 6.45) is 1.15. The number of carbonyl (C=O) groups is 1. The highest BCUT2D eigenvalue weighted by Gasteiger charge is 2.39. The molecular weight excluding hydrogens is 323 g/mol. The Morgan fingerprint density at radius 2 is 2.10 bits per heavy atom. The van der Waals surface area contributed by atoms with Gasteiger partial charge in [0.2, 0.25) is 15.9 Å². The predicted octanol–water partition coefficient (Wildman–Crippen LogP) is 1.89. The number of hydrogen-bond donors (Lipinski definition) is 1. The van der Waals surface area contributed by atoms with E-state index in [2.05, 4.69) is 5.32 Å². The van der Waals surface area contributed by atoms with Crippen LogP contribution < -0.4 is 5.32 Å². The van der Waals surface area contributed by atoms with E-state index in [-0.39, 0.29) is 15.8 Å². The van der Waals surface area contributed by atoms with Gasteiger partial charge in [-0.25, -0.2) is 8.42 Å². The summed E-state index contributed by atoms with van der Waals surface area (Å²) in [7, 11) is -2.32. The number of carbonyl (C=O) groups excluding carboxylic acids is 1. The number of nitrogens with one attached hydrogen (secondary N) is 1. The Balaban J connectivity index is 2.41. The van der Waals surface area contributed by atoms with Crippen LogP contribution in [0.4, 0.5) is 0 Å². The van der Waals surface area contributed by atoms with E-state index in [1.165, 1.54) is 29.6 Å². The Morgan fingerprint density at radius 1 is 1.40 bits per heavy atom. The second kappa shape index (κ2) is 5.89. The summed E-state index contributed by atoms with van der Waals surface area (Å²) >= 11 is 11.7. The maximum Gasteiger partial charge on any atom is 0.245 e. The van der Waals surface area contributed by atoms with E-state index >= 15 is 0 Å². The fourth-order valence-electron chi connectivity index (χ4n) is 2.27. The van der Waals surface area contributed by atoms with Crippen molar-refractivity contribution in [1.29, 1.82) is 0 Å². The zero-order chi connectivity index (χ0) is 14.9. The first kappa shape index (κ1) is 15.6. The molecule has 20 heavy (non-hydrogen) atoms. The van der Waals surface area contributed by atoms with Crippen LogP contribution in [0.1, 0.15) is 12.8 Å². The van der Waals surface area contributed by atoms with Crippen LogP contribution >= 0.6 is 23.2 Å². The van der Waals surface area contributed by atoms with E-state index in [1.807, 2.05) is 0 Å². The molecule has 1 aliphatic heterocycles. The van der Waals surface area contributed by atoms with E-state index in [1.54, 1.807) is 0 Å². The number of sulfonamides is 1. The lowest BCUT2D eigenvalue weighted by Crippen LogP contribution is -2.44. The minimum atomic E-state index is -3.81. The molecule has 1 N–H and O–H groups in total. The van der Waals surface area contributed by atoms with Crippen molar-refractivity contribution in [3.05, 3.63) is 28.2 Å². The Hall–Kier alpha value is -0.820. The molecule has 2 rings (SSSR count). The second-order valence-electron chi connectivity index (χ2n) is 4.46. The number of amides is 1. The SMILES string of the molecule is CNC(=O)C1CCCN1S(=O)(=O)c1ccc(Cl)cc1Cl. The fourth-order valence-corrected chi connectivity index (χ4v) is 4.67. The van der Waals surface area contributed by atoms with Crippen LogP contribution in [0.5, 0.6) is 0 Å². The molecule has 0 spiro atoms. The van der Waals surface area contributed by atoms with Gasteiger partial charge in [-0.15, -0.1) is 0 Å². The Bertz CT molecular complexity index is 634. The van der Waals surface area contributed by atoms with Crippen molar-refractivity contribution in [3.63, 3.8) is 0 Å². The summed E-state index contributed by atoms with van der Waals surface area (Å²) in [5.74, 6) is -0.309. The number of halogens is 2. The number of benzene rings is 1. The third-order valence-corrected chi connectivity index (χ3v) is 5.86. The molecule has 1 atom stereocenters. The van der Waals surface area contributed by atoms with Gasteiger partial charge in [0.15, 0.2) is 0 Å². The molecule has 1 heterocycles. The second-order valence-corrected chi connectivity index (χ2v) is 7.17. The molecule has 0 radical (unpaired) electrons. The Morgan fingerprint density at radius 3 is 2.70 bits per heavy atom. The number of hydrogen-bond acceptors (Lipinski definition) is 3. The molecule has 1 saturated heterocycles. The van der Waals surface area contributed by atoms with Crippen molar-refractivity contribution < 1.29 is 13.2 Å². The Labute approximate surface area is 127 Å². The van der Waals surface area contributed by atoms with E-state index in [0.29, 0.717) is 24.4 Å². The molecule has 0 bridgehead atoms. The molecule has 110 valence electrons. The smallest absolute Gasteiger partial charge is 0.245 e. The first-order chi connectivity index (χ1) is 9.37. The van der Waals surface area contributed by atoms with Crippen molar-refractivity contribution in [2.45, 2.75) is 23.8 Å². The van der Waals surface area contributed by atoms with Crippen molar-refractivity contribution in [1.82, 2.24) is 9.62 Å². The van der Waals surface area contributed by atoms with Gasteiger partial charge < -0.3 is 5.32 Å². The van der Waals surface area contributed by atoms with Gasteiger partial charge in [-0.3, -0.25) is 4.79 Å². The quantitative estimate of drug-likeness (QED) is 0.916. The summed E-state index contributed by atoms with van der Waals surface area (Å²) in [6.45, 7) is 0.305. The Kier molecular flexibility index (Phi) is 4.59. The zero-order valence-electron chi connectivity index (χ0n) is 10.8. The van der Waals surface area contributed by atoms with Gasteiger partial charge in [0.25, 0.3) is 0 Å². The van der Waals surface area contributed by atoms with Crippen LogP contribution in [0, 0.1) is 0 Å². The van der Waals surface area contributed by atoms with Crippen molar-refractivity contribution in [2.75, 3.05) is 13.6 Å². The molecule has 1 unspecified atom stereocenters. The highest BCUT2D eigenvalue weighted by Crippen LogP contribution is 2.31. The molecule has 5 nitrogen and oxygen atoms in total. The lowest BCUT2D eigenvalue weighted by Gasteiger charge is -2.23. The van der Waals surface area contributed by atoms with Crippen molar-refractivity contribution in [3.8, 4) is 0 Å². The minimum Gasteiger partial charge on any atom is -0.358 e. The third-order valence-electron chi connectivity index (χ3n) is 3.23. The van der Waals surface area contributed by atoms with E-state index < -0.39 is 16.1 Å². The maximum absolute atomic E-state index is 12.6. The van der Waals surface area contributed by atoms with Crippen LogP contribution in [-0.4, -0.2) is 38.3 Å². The van der Waals surface area contributed by atoms with Gasteiger partial charge in [0.1, 0.15) is 10.9 Å². The monoisotopic (exact) mass is 336 g/mol. The molecule has 1 fully saturated rings. The zero-order valence-corrected chi connectivity index (χ0v) is 13.1. The van der Waals surface area contributed by atoms with Crippen LogP contribution in [0.3, 0.4) is 0 Å². The van der Waals surface area contributed by atoms with Crippen LogP contribution in [0.2, 0.25) is 10.0 Å². The fraction of sp³-hybridized carbons (Fsp3) is 0.417. The first-order valence-electron chi connectivity index (χ1n) is 6.06. The molecule has 0 aliphatic carbocycles. The van der Waals surface area contributed by atoms with E-state index in [9.17, 15) is 13.2 Å². The van der Waals surface area contributed by atoms with Gasteiger partial charge in [-0.2, -0.15) is 4.31 Å². The third kappa shape index (κ3) is 2.79. The van der Waals surface area contributed by atoms with Crippen LogP contribution in [0.25, 0.3) is 0 Å². The van der Waals surface area contributed by atoms with Crippen LogP contribution in [0.15, 0.2) is 23.1 Å². The number of nitrogens with zero attached hydrogens (tertiary/aromatic N) is 1. The first-order valence-corrected chi connectivity index (χ1v) is 8.26. The van der Waals surface area contributed by atoms with Gasteiger partial charge in [0, 0.05) is 18.6 Å². The molecule has 1 aromatic rings. The summed E-state index contributed by atoms with van der Waals surface area (Å²) in [5, 5.41) is 2.90. The molecular formula is C12H14Cl2N2O3S. The molecule has 1 amide bonds. The average Bonchev–Trinajstić information content (AvgIpc) is 2.87. The van der Waals surface area contributed by atoms with E-state index in [4.69, 9.17) is 23.2 Å².